The van der Waals surface area contributed by atoms with Crippen molar-refractivity contribution in [2.45, 2.75) is 12.5 Å². The van der Waals surface area contributed by atoms with Crippen LogP contribution < -0.4 is 4.74 Å². The second-order valence-corrected chi connectivity index (χ2v) is 4.70. The zero-order chi connectivity index (χ0) is 13.8. The third kappa shape index (κ3) is 2.68. The molecule has 1 aliphatic heterocycles. The van der Waals surface area contributed by atoms with Crippen molar-refractivity contribution in [1.82, 2.24) is 0 Å². The molecule has 0 amide bonds. The molecule has 1 atom stereocenters. The van der Waals surface area contributed by atoms with Crippen molar-refractivity contribution in [3.05, 3.63) is 65.2 Å². The predicted molar refractivity (Wildman–Crippen MR) is 78.7 cm³/mol. The molecule has 1 aliphatic rings. The first-order valence-electron chi connectivity index (χ1n) is 6.72. The van der Waals surface area contributed by atoms with E-state index in [2.05, 4.69) is 30.0 Å². The number of hydrogen-bond donors (Lipinski definition) is 0. The summed E-state index contributed by atoms with van der Waals surface area (Å²) in [6.45, 7) is 0.735. The fourth-order valence-corrected chi connectivity index (χ4v) is 2.34. The first kappa shape index (κ1) is 12.8. The second kappa shape index (κ2) is 5.81. The molecule has 0 fully saturated rings. The van der Waals surface area contributed by atoms with Crippen molar-refractivity contribution in [1.29, 1.82) is 0 Å². The summed E-state index contributed by atoms with van der Waals surface area (Å²) >= 11 is 0. The van der Waals surface area contributed by atoms with Crippen molar-refractivity contribution in [2.75, 3.05) is 13.7 Å². The van der Waals surface area contributed by atoms with Crippen LogP contribution in [-0.2, 0) is 11.2 Å². The standard InChI is InChI=1S/C18H16O2/c1-19-16-9-6-14(7-10-16)8-11-18-17-5-3-2-4-15(17)12-13-20-18/h2-7,9-10,18H,12-13H2,1H3. The Morgan fingerprint density at radius 1 is 1.10 bits per heavy atom. The Hall–Kier alpha value is -2.24. The van der Waals surface area contributed by atoms with E-state index in [-0.39, 0.29) is 6.10 Å². The minimum absolute atomic E-state index is 0.123. The van der Waals surface area contributed by atoms with Crippen molar-refractivity contribution in [3.8, 4) is 17.6 Å². The van der Waals surface area contributed by atoms with Gasteiger partial charge in [0.2, 0.25) is 0 Å². The van der Waals surface area contributed by atoms with Gasteiger partial charge < -0.3 is 9.47 Å². The van der Waals surface area contributed by atoms with Crippen LogP contribution in [0.15, 0.2) is 48.5 Å². The van der Waals surface area contributed by atoms with Gasteiger partial charge in [-0.15, -0.1) is 0 Å². The third-order valence-corrected chi connectivity index (χ3v) is 3.43. The summed E-state index contributed by atoms with van der Waals surface area (Å²) in [4.78, 5) is 0. The van der Waals surface area contributed by atoms with Crippen LogP contribution in [0.25, 0.3) is 0 Å². The fraction of sp³-hybridized carbons (Fsp3) is 0.222. The molecule has 0 spiro atoms. The van der Waals surface area contributed by atoms with Gasteiger partial charge in [-0.25, -0.2) is 0 Å². The molecule has 0 bridgehead atoms. The normalized spacial score (nSPS) is 16.8. The van der Waals surface area contributed by atoms with Gasteiger partial charge in [-0.05, 0) is 41.8 Å². The minimum Gasteiger partial charge on any atom is -0.497 e. The summed E-state index contributed by atoms with van der Waals surface area (Å²) in [6, 6.07) is 16.1. The molecule has 1 unspecified atom stereocenters. The van der Waals surface area contributed by atoms with E-state index in [0.717, 1.165) is 24.3 Å². The van der Waals surface area contributed by atoms with E-state index < -0.39 is 0 Å². The van der Waals surface area contributed by atoms with Gasteiger partial charge >= 0.3 is 0 Å². The zero-order valence-electron chi connectivity index (χ0n) is 11.4. The molecule has 1 heterocycles. The van der Waals surface area contributed by atoms with E-state index in [4.69, 9.17) is 9.47 Å². The molecule has 0 saturated heterocycles. The number of methoxy groups -OCH3 is 1. The Labute approximate surface area is 119 Å². The zero-order valence-corrected chi connectivity index (χ0v) is 11.4. The molecule has 0 aliphatic carbocycles. The molecule has 2 aromatic rings. The molecule has 2 aromatic carbocycles. The van der Waals surface area contributed by atoms with Crippen LogP contribution in [-0.4, -0.2) is 13.7 Å². The second-order valence-electron chi connectivity index (χ2n) is 4.70. The predicted octanol–water partition coefficient (Wildman–Crippen LogP) is 3.36. The molecule has 0 radical (unpaired) electrons. The molecule has 100 valence electrons. The van der Waals surface area contributed by atoms with Crippen molar-refractivity contribution >= 4 is 0 Å². The van der Waals surface area contributed by atoms with E-state index in [1.165, 1.54) is 11.1 Å². The highest BCUT2D eigenvalue weighted by Gasteiger charge is 2.17. The van der Waals surface area contributed by atoms with Crippen molar-refractivity contribution in [3.63, 3.8) is 0 Å². The van der Waals surface area contributed by atoms with Gasteiger partial charge in [-0.1, -0.05) is 36.1 Å². The lowest BCUT2D eigenvalue weighted by Gasteiger charge is -2.21. The lowest BCUT2D eigenvalue weighted by Crippen LogP contribution is -2.14. The van der Waals surface area contributed by atoms with Crippen LogP contribution in [0, 0.1) is 11.8 Å². The van der Waals surface area contributed by atoms with E-state index in [1.54, 1.807) is 7.11 Å². The lowest BCUT2D eigenvalue weighted by molar-refractivity contribution is 0.0814. The highest BCUT2D eigenvalue weighted by Crippen LogP contribution is 2.26. The number of hydrogen-bond acceptors (Lipinski definition) is 2. The van der Waals surface area contributed by atoms with E-state index >= 15 is 0 Å². The van der Waals surface area contributed by atoms with Crippen molar-refractivity contribution < 1.29 is 9.47 Å². The van der Waals surface area contributed by atoms with Gasteiger partial charge in [0.25, 0.3) is 0 Å². The van der Waals surface area contributed by atoms with Gasteiger partial charge in [0.15, 0.2) is 0 Å². The summed E-state index contributed by atoms with van der Waals surface area (Å²) < 4.78 is 10.9. The van der Waals surface area contributed by atoms with Gasteiger partial charge in [0.1, 0.15) is 11.9 Å². The molecule has 0 N–H and O–H groups in total. The summed E-state index contributed by atoms with van der Waals surface area (Å²) in [6.07, 6.45) is 0.846. The Bertz CT molecular complexity index is 647. The van der Waals surface area contributed by atoms with Gasteiger partial charge in [-0.3, -0.25) is 0 Å². The first-order valence-corrected chi connectivity index (χ1v) is 6.72. The molecule has 0 saturated carbocycles. The van der Waals surface area contributed by atoms with Crippen molar-refractivity contribution in [2.24, 2.45) is 0 Å². The SMILES string of the molecule is COc1ccc(C#CC2OCCc3ccccc32)cc1. The summed E-state index contributed by atoms with van der Waals surface area (Å²) in [5.74, 6) is 7.24. The molecular weight excluding hydrogens is 248 g/mol. The molecule has 20 heavy (non-hydrogen) atoms. The minimum atomic E-state index is -0.123. The van der Waals surface area contributed by atoms with E-state index in [9.17, 15) is 0 Å². The maximum Gasteiger partial charge on any atom is 0.144 e. The average molecular weight is 264 g/mol. The van der Waals surface area contributed by atoms with Gasteiger partial charge in [0, 0.05) is 5.56 Å². The maximum atomic E-state index is 5.77. The third-order valence-electron chi connectivity index (χ3n) is 3.43. The molecular formula is C18H16O2. The average Bonchev–Trinajstić information content (AvgIpc) is 2.53. The van der Waals surface area contributed by atoms with E-state index in [1.807, 2.05) is 30.3 Å². The van der Waals surface area contributed by atoms with E-state index in [0.29, 0.717) is 0 Å². The number of rotatable bonds is 1. The highest BCUT2D eigenvalue weighted by molar-refractivity contribution is 5.42. The van der Waals surface area contributed by atoms with Gasteiger partial charge in [-0.2, -0.15) is 0 Å². The Morgan fingerprint density at radius 3 is 2.70 bits per heavy atom. The Balaban J connectivity index is 1.83. The summed E-state index contributed by atoms with van der Waals surface area (Å²) in [5, 5.41) is 0. The van der Waals surface area contributed by atoms with Crippen LogP contribution in [0.1, 0.15) is 22.8 Å². The van der Waals surface area contributed by atoms with Crippen LogP contribution in [0.4, 0.5) is 0 Å². The van der Waals surface area contributed by atoms with Crippen LogP contribution in [0.5, 0.6) is 5.75 Å². The lowest BCUT2D eigenvalue weighted by atomic mass is 9.98. The smallest absolute Gasteiger partial charge is 0.144 e. The summed E-state index contributed by atoms with van der Waals surface area (Å²) in [7, 11) is 1.66. The number of ether oxygens (including phenoxy) is 2. The van der Waals surface area contributed by atoms with Crippen LogP contribution in [0.3, 0.4) is 0 Å². The Kier molecular flexibility index (Phi) is 3.71. The largest absolute Gasteiger partial charge is 0.497 e. The van der Waals surface area contributed by atoms with Gasteiger partial charge in [0.05, 0.1) is 13.7 Å². The highest BCUT2D eigenvalue weighted by atomic mass is 16.5. The Morgan fingerprint density at radius 2 is 1.90 bits per heavy atom. The first-order chi connectivity index (χ1) is 9.86. The molecule has 2 heteroatoms. The summed E-state index contributed by atoms with van der Waals surface area (Å²) in [5.41, 5.74) is 3.50. The fourth-order valence-electron chi connectivity index (χ4n) is 2.34. The topological polar surface area (TPSA) is 18.5 Å². The number of fused-ring (bicyclic) bond motifs is 1. The molecule has 2 nitrogen and oxygen atoms in total. The van der Waals surface area contributed by atoms with Crippen LogP contribution in [0.2, 0.25) is 0 Å². The molecule has 0 aromatic heterocycles. The number of benzene rings is 2. The monoisotopic (exact) mass is 264 g/mol. The quantitative estimate of drug-likeness (QED) is 0.735. The molecule has 3 rings (SSSR count). The van der Waals surface area contributed by atoms with Crippen LogP contribution >= 0.6 is 0 Å². The maximum absolute atomic E-state index is 5.77.